The van der Waals surface area contributed by atoms with Crippen molar-refractivity contribution >= 4 is 5.95 Å². The average Bonchev–Trinajstić information content (AvgIpc) is 2.38. The quantitative estimate of drug-likeness (QED) is 0.825. The lowest BCUT2D eigenvalue weighted by Gasteiger charge is -2.30. The van der Waals surface area contributed by atoms with E-state index in [1.807, 2.05) is 6.20 Å². The fraction of sp³-hybridized carbons (Fsp3) is 0.714. The van der Waals surface area contributed by atoms with Gasteiger partial charge in [-0.25, -0.2) is 4.98 Å². The van der Waals surface area contributed by atoms with Gasteiger partial charge in [0.2, 0.25) is 11.8 Å². The van der Waals surface area contributed by atoms with Crippen LogP contribution in [0.15, 0.2) is 6.20 Å². The van der Waals surface area contributed by atoms with Crippen LogP contribution in [0.4, 0.5) is 5.95 Å². The number of piperidine rings is 1. The van der Waals surface area contributed by atoms with Crippen molar-refractivity contribution in [3.63, 3.8) is 0 Å². The Balaban J connectivity index is 2.19. The molecule has 0 atom stereocenters. The van der Waals surface area contributed by atoms with Gasteiger partial charge >= 0.3 is 0 Å². The van der Waals surface area contributed by atoms with Gasteiger partial charge in [0, 0.05) is 24.8 Å². The maximum Gasteiger partial charge on any atom is 0.228 e. The largest absolute Gasteiger partial charge is 0.481 e. The third kappa shape index (κ3) is 2.74. The number of aromatic nitrogens is 2. The van der Waals surface area contributed by atoms with Gasteiger partial charge in [-0.3, -0.25) is 0 Å². The zero-order valence-corrected chi connectivity index (χ0v) is 11.8. The van der Waals surface area contributed by atoms with E-state index in [2.05, 4.69) is 35.6 Å². The van der Waals surface area contributed by atoms with Crippen LogP contribution in [0.1, 0.15) is 45.1 Å². The molecule has 0 bridgehead atoms. The van der Waals surface area contributed by atoms with Crippen LogP contribution in [0.5, 0.6) is 5.88 Å². The van der Waals surface area contributed by atoms with Crippen LogP contribution in [0.2, 0.25) is 0 Å². The molecule has 1 aliphatic rings. The monoisotopic (exact) mass is 249 g/mol. The molecule has 4 heteroatoms. The molecule has 4 nitrogen and oxygen atoms in total. The molecule has 0 N–H and O–H groups in total. The second-order valence-electron chi connectivity index (χ2n) is 5.46. The number of methoxy groups -OCH3 is 1. The molecule has 18 heavy (non-hydrogen) atoms. The summed E-state index contributed by atoms with van der Waals surface area (Å²) >= 11 is 0. The standard InChI is InChI=1S/C14H23N3O/c1-10(2)12-9-15-14(16-13(12)18-4)17-7-5-11(3)6-8-17/h9-11H,5-8H2,1-4H3. The van der Waals surface area contributed by atoms with Gasteiger partial charge in [-0.2, -0.15) is 4.98 Å². The number of hydrogen-bond donors (Lipinski definition) is 0. The van der Waals surface area contributed by atoms with Gasteiger partial charge in [-0.15, -0.1) is 0 Å². The second-order valence-corrected chi connectivity index (χ2v) is 5.46. The van der Waals surface area contributed by atoms with Crippen molar-refractivity contribution in [2.75, 3.05) is 25.1 Å². The molecule has 0 saturated carbocycles. The van der Waals surface area contributed by atoms with Gasteiger partial charge < -0.3 is 9.64 Å². The molecule has 0 aliphatic carbocycles. The Morgan fingerprint density at radius 1 is 1.33 bits per heavy atom. The highest BCUT2D eigenvalue weighted by molar-refractivity contribution is 5.37. The molecule has 1 saturated heterocycles. The smallest absolute Gasteiger partial charge is 0.228 e. The van der Waals surface area contributed by atoms with Crippen LogP contribution in [-0.4, -0.2) is 30.2 Å². The van der Waals surface area contributed by atoms with Crippen LogP contribution < -0.4 is 9.64 Å². The van der Waals surface area contributed by atoms with Crippen molar-refractivity contribution < 1.29 is 4.74 Å². The molecular formula is C14H23N3O. The second kappa shape index (κ2) is 5.55. The van der Waals surface area contributed by atoms with Crippen LogP contribution >= 0.6 is 0 Å². The van der Waals surface area contributed by atoms with Gasteiger partial charge in [0.25, 0.3) is 0 Å². The molecule has 0 spiro atoms. The molecule has 1 aliphatic heterocycles. The molecule has 1 fully saturated rings. The van der Waals surface area contributed by atoms with Crippen molar-refractivity contribution in [3.05, 3.63) is 11.8 Å². The van der Waals surface area contributed by atoms with Crippen molar-refractivity contribution in [1.82, 2.24) is 9.97 Å². The maximum atomic E-state index is 5.38. The zero-order chi connectivity index (χ0) is 13.1. The minimum Gasteiger partial charge on any atom is -0.481 e. The Bertz CT molecular complexity index is 398. The van der Waals surface area contributed by atoms with E-state index in [1.165, 1.54) is 12.8 Å². The van der Waals surface area contributed by atoms with Crippen molar-refractivity contribution in [3.8, 4) is 5.88 Å². The van der Waals surface area contributed by atoms with E-state index in [0.29, 0.717) is 11.8 Å². The maximum absolute atomic E-state index is 5.38. The normalized spacial score (nSPS) is 17.3. The number of anilines is 1. The molecule has 0 amide bonds. The molecule has 0 unspecified atom stereocenters. The molecule has 1 aromatic rings. The highest BCUT2D eigenvalue weighted by atomic mass is 16.5. The molecular weight excluding hydrogens is 226 g/mol. The number of nitrogens with zero attached hydrogens (tertiary/aromatic N) is 3. The van der Waals surface area contributed by atoms with Crippen LogP contribution in [0.3, 0.4) is 0 Å². The Kier molecular flexibility index (Phi) is 4.04. The first-order valence-electron chi connectivity index (χ1n) is 6.77. The van der Waals surface area contributed by atoms with E-state index in [0.717, 1.165) is 30.5 Å². The van der Waals surface area contributed by atoms with E-state index >= 15 is 0 Å². The summed E-state index contributed by atoms with van der Waals surface area (Å²) in [6, 6.07) is 0. The molecule has 2 heterocycles. The van der Waals surface area contributed by atoms with Crippen molar-refractivity contribution in [2.24, 2.45) is 5.92 Å². The van der Waals surface area contributed by atoms with Crippen molar-refractivity contribution in [1.29, 1.82) is 0 Å². The van der Waals surface area contributed by atoms with Gasteiger partial charge in [0.15, 0.2) is 0 Å². The Morgan fingerprint density at radius 3 is 2.56 bits per heavy atom. The molecule has 2 rings (SSSR count). The highest BCUT2D eigenvalue weighted by Gasteiger charge is 2.19. The topological polar surface area (TPSA) is 38.2 Å². The number of hydrogen-bond acceptors (Lipinski definition) is 4. The first-order valence-corrected chi connectivity index (χ1v) is 6.77. The Morgan fingerprint density at radius 2 is 2.00 bits per heavy atom. The summed E-state index contributed by atoms with van der Waals surface area (Å²) in [6.07, 6.45) is 4.35. The number of ether oxygens (including phenoxy) is 1. The lowest BCUT2D eigenvalue weighted by Crippen LogP contribution is -2.34. The van der Waals surface area contributed by atoms with Crippen LogP contribution in [0.25, 0.3) is 0 Å². The van der Waals surface area contributed by atoms with E-state index in [4.69, 9.17) is 4.74 Å². The fourth-order valence-electron chi connectivity index (χ4n) is 2.29. The lowest BCUT2D eigenvalue weighted by molar-refractivity contribution is 0.386. The van der Waals surface area contributed by atoms with E-state index < -0.39 is 0 Å². The average molecular weight is 249 g/mol. The summed E-state index contributed by atoms with van der Waals surface area (Å²) in [5.74, 6) is 2.73. The number of rotatable bonds is 3. The SMILES string of the molecule is COc1nc(N2CCC(C)CC2)ncc1C(C)C. The first kappa shape index (κ1) is 13.1. The molecule has 0 aromatic carbocycles. The third-order valence-electron chi connectivity index (χ3n) is 3.65. The zero-order valence-electron chi connectivity index (χ0n) is 11.8. The Labute approximate surface area is 109 Å². The summed E-state index contributed by atoms with van der Waals surface area (Å²) in [4.78, 5) is 11.3. The molecule has 0 radical (unpaired) electrons. The first-order chi connectivity index (χ1) is 8.61. The van der Waals surface area contributed by atoms with Gasteiger partial charge in [-0.1, -0.05) is 20.8 Å². The van der Waals surface area contributed by atoms with Gasteiger partial charge in [0.1, 0.15) is 0 Å². The third-order valence-corrected chi connectivity index (χ3v) is 3.65. The van der Waals surface area contributed by atoms with Crippen molar-refractivity contribution in [2.45, 2.75) is 39.5 Å². The fourth-order valence-corrected chi connectivity index (χ4v) is 2.29. The van der Waals surface area contributed by atoms with Gasteiger partial charge in [-0.05, 0) is 24.7 Å². The van der Waals surface area contributed by atoms with Gasteiger partial charge in [0.05, 0.1) is 7.11 Å². The predicted molar refractivity (Wildman–Crippen MR) is 73.3 cm³/mol. The minimum atomic E-state index is 0.385. The molecule has 1 aromatic heterocycles. The summed E-state index contributed by atoms with van der Waals surface area (Å²) < 4.78 is 5.38. The predicted octanol–water partition coefficient (Wildman–Crippen LogP) is 2.84. The summed E-state index contributed by atoms with van der Waals surface area (Å²) in [7, 11) is 1.68. The Hall–Kier alpha value is -1.32. The lowest BCUT2D eigenvalue weighted by atomic mass is 10.00. The van der Waals surface area contributed by atoms with Crippen LogP contribution in [-0.2, 0) is 0 Å². The summed E-state index contributed by atoms with van der Waals surface area (Å²) in [5, 5.41) is 0. The minimum absolute atomic E-state index is 0.385. The van der Waals surface area contributed by atoms with E-state index in [9.17, 15) is 0 Å². The molecule has 100 valence electrons. The summed E-state index contributed by atoms with van der Waals surface area (Å²) in [6.45, 7) is 8.66. The van der Waals surface area contributed by atoms with Crippen LogP contribution in [0, 0.1) is 5.92 Å². The van der Waals surface area contributed by atoms with E-state index in [-0.39, 0.29) is 0 Å². The van der Waals surface area contributed by atoms with E-state index in [1.54, 1.807) is 7.11 Å². The highest BCUT2D eigenvalue weighted by Crippen LogP contribution is 2.27. The summed E-state index contributed by atoms with van der Waals surface area (Å²) in [5.41, 5.74) is 1.08.